The van der Waals surface area contributed by atoms with Crippen molar-refractivity contribution < 1.29 is 46.9 Å². The molecule has 1 N–H and O–H groups in total. The Labute approximate surface area is 249 Å². The minimum Gasteiger partial charge on any atom is -0.496 e. The Morgan fingerprint density at radius 3 is 2.29 bits per heavy atom. The van der Waals surface area contributed by atoms with Crippen LogP contribution in [0.1, 0.15) is 31.4 Å². The molecule has 0 spiro atoms. The smallest absolute Gasteiger partial charge is 0.490 e. The largest absolute Gasteiger partial charge is 0.496 e. The van der Waals surface area contributed by atoms with Gasteiger partial charge in [-0.2, -0.15) is 13.2 Å². The van der Waals surface area contributed by atoms with Crippen molar-refractivity contribution in [2.75, 3.05) is 27.3 Å². The number of halogens is 5. The third-order valence-electron chi connectivity index (χ3n) is 8.00. The monoisotopic (exact) mass is 630 g/mol. The number of likely N-dealkylation sites (tertiary alicyclic amines) is 1. The summed E-state index contributed by atoms with van der Waals surface area (Å²) in [5.41, 5.74) is 1.32. The van der Waals surface area contributed by atoms with E-state index in [0.29, 0.717) is 28.8 Å². The van der Waals surface area contributed by atoms with Crippen LogP contribution in [-0.4, -0.2) is 77.7 Å². The lowest BCUT2D eigenvalue weighted by Gasteiger charge is -2.36. The van der Waals surface area contributed by atoms with E-state index in [2.05, 4.69) is 0 Å². The number of hydrogen-bond acceptors (Lipinski definition) is 7. The third kappa shape index (κ3) is 5.09. The van der Waals surface area contributed by atoms with E-state index < -0.39 is 41.5 Å². The van der Waals surface area contributed by atoms with Crippen molar-refractivity contribution in [1.29, 1.82) is 0 Å². The molecule has 3 saturated heterocycles. The number of amides is 2. The highest BCUT2D eigenvalue weighted by molar-refractivity contribution is 6.42. The van der Waals surface area contributed by atoms with Gasteiger partial charge in [0.2, 0.25) is 11.8 Å². The number of aliphatic carboxylic acids is 1. The Hall–Kier alpha value is -3.35. The number of esters is 1. The van der Waals surface area contributed by atoms with Gasteiger partial charge < -0.3 is 14.6 Å². The lowest BCUT2D eigenvalue weighted by atomic mass is 9.77. The number of carboxylic acid groups (broad SMARTS) is 1. The Kier molecular flexibility index (Phi) is 8.82. The Morgan fingerprint density at radius 2 is 1.74 bits per heavy atom. The molecule has 3 aliphatic heterocycles. The molecule has 3 aliphatic rings. The SMILES string of the molecule is CCN1C(=O)C2C(c3ccc(-c4ccc(Cl)c(Cl)c4)c(OC)c3)N3CCC[C@@]3(C(=O)OC)C2C1=O.O=C(O)C(F)(F)F. The Balaban J connectivity index is 0.000000517. The molecule has 2 aromatic carbocycles. The van der Waals surface area contributed by atoms with Crippen LogP contribution in [0.3, 0.4) is 0 Å². The normalized spacial score (nSPS) is 25.0. The van der Waals surface area contributed by atoms with E-state index in [9.17, 15) is 27.6 Å². The van der Waals surface area contributed by atoms with E-state index >= 15 is 0 Å². The molecule has 2 amide bonds. The number of benzene rings is 2. The van der Waals surface area contributed by atoms with Gasteiger partial charge in [-0.05, 0) is 55.6 Å². The molecular formula is C28H27Cl2F3N2O7. The maximum atomic E-state index is 13.5. The van der Waals surface area contributed by atoms with E-state index in [1.165, 1.54) is 12.0 Å². The molecule has 5 rings (SSSR count). The molecule has 0 radical (unpaired) electrons. The summed E-state index contributed by atoms with van der Waals surface area (Å²) in [6.45, 7) is 2.64. The Bertz CT molecular complexity index is 1440. The van der Waals surface area contributed by atoms with E-state index in [0.717, 1.165) is 23.1 Å². The molecule has 3 fully saturated rings. The summed E-state index contributed by atoms with van der Waals surface area (Å²) in [6, 6.07) is 10.6. The van der Waals surface area contributed by atoms with Crippen LogP contribution in [-0.2, 0) is 23.9 Å². The summed E-state index contributed by atoms with van der Waals surface area (Å²) in [5, 5.41) is 8.02. The maximum absolute atomic E-state index is 13.5. The average Bonchev–Trinajstić information content (AvgIpc) is 3.57. The molecule has 9 nitrogen and oxygen atoms in total. The zero-order valence-electron chi connectivity index (χ0n) is 22.7. The third-order valence-corrected chi connectivity index (χ3v) is 8.74. The number of alkyl halides is 3. The van der Waals surface area contributed by atoms with E-state index in [-0.39, 0.29) is 18.4 Å². The number of nitrogens with zero attached hydrogens (tertiary/aromatic N) is 2. The molecule has 2 aromatic rings. The lowest BCUT2D eigenvalue weighted by Crippen LogP contribution is -2.54. The summed E-state index contributed by atoms with van der Waals surface area (Å²) in [7, 11) is 2.92. The fraction of sp³-hybridized carbons (Fsp3) is 0.429. The predicted octanol–water partition coefficient (Wildman–Crippen LogP) is 4.99. The lowest BCUT2D eigenvalue weighted by molar-refractivity contribution is -0.192. The van der Waals surface area contributed by atoms with Gasteiger partial charge in [0.15, 0.2) is 0 Å². The van der Waals surface area contributed by atoms with Crippen LogP contribution in [0.5, 0.6) is 5.75 Å². The van der Waals surface area contributed by atoms with Crippen LogP contribution in [0.15, 0.2) is 36.4 Å². The second kappa shape index (κ2) is 11.7. The van der Waals surface area contributed by atoms with E-state index in [1.54, 1.807) is 26.2 Å². The second-order valence-corrected chi connectivity index (χ2v) is 10.8. The zero-order chi connectivity index (χ0) is 31.1. The van der Waals surface area contributed by atoms with Gasteiger partial charge in [0, 0.05) is 18.2 Å². The molecular weight excluding hydrogens is 604 g/mol. The van der Waals surface area contributed by atoms with Gasteiger partial charge in [0.25, 0.3) is 0 Å². The van der Waals surface area contributed by atoms with Gasteiger partial charge in [0.05, 0.1) is 36.1 Å². The summed E-state index contributed by atoms with van der Waals surface area (Å²) >= 11 is 12.3. The molecule has 3 heterocycles. The first-order valence-corrected chi connectivity index (χ1v) is 13.6. The van der Waals surface area contributed by atoms with Crippen LogP contribution >= 0.6 is 23.2 Å². The molecule has 3 unspecified atom stereocenters. The number of carbonyl (C=O) groups excluding carboxylic acids is 3. The first-order valence-electron chi connectivity index (χ1n) is 12.9. The maximum Gasteiger partial charge on any atom is 0.490 e. The van der Waals surface area contributed by atoms with Crippen LogP contribution in [0, 0.1) is 11.8 Å². The molecule has 0 bridgehead atoms. The van der Waals surface area contributed by atoms with Crippen LogP contribution in [0.2, 0.25) is 10.0 Å². The summed E-state index contributed by atoms with van der Waals surface area (Å²) in [6.07, 6.45) is -3.87. The molecule has 14 heteroatoms. The number of hydrogen-bond donors (Lipinski definition) is 1. The topological polar surface area (TPSA) is 113 Å². The van der Waals surface area contributed by atoms with Crippen LogP contribution in [0.4, 0.5) is 13.2 Å². The molecule has 4 atom stereocenters. The van der Waals surface area contributed by atoms with Crippen molar-refractivity contribution in [2.45, 2.75) is 37.5 Å². The highest BCUT2D eigenvalue weighted by atomic mass is 35.5. The number of ether oxygens (including phenoxy) is 2. The fourth-order valence-electron chi connectivity index (χ4n) is 6.36. The van der Waals surface area contributed by atoms with Gasteiger partial charge >= 0.3 is 18.1 Å². The number of carbonyl (C=O) groups is 4. The van der Waals surface area contributed by atoms with Gasteiger partial charge in [-0.15, -0.1) is 0 Å². The fourth-order valence-corrected chi connectivity index (χ4v) is 6.66. The quantitative estimate of drug-likeness (QED) is 0.363. The van der Waals surface area contributed by atoms with E-state index in [4.69, 9.17) is 42.6 Å². The van der Waals surface area contributed by atoms with Gasteiger partial charge in [-0.25, -0.2) is 4.79 Å². The minimum absolute atomic E-state index is 0.238. The van der Waals surface area contributed by atoms with Gasteiger partial charge in [0.1, 0.15) is 11.3 Å². The first-order chi connectivity index (χ1) is 19.7. The van der Waals surface area contributed by atoms with Crippen molar-refractivity contribution in [3.8, 4) is 16.9 Å². The molecule has 0 saturated carbocycles. The molecule has 42 heavy (non-hydrogen) atoms. The Morgan fingerprint density at radius 1 is 1.07 bits per heavy atom. The van der Waals surface area contributed by atoms with Crippen molar-refractivity contribution in [3.05, 3.63) is 52.0 Å². The molecule has 0 aliphatic carbocycles. The highest BCUT2D eigenvalue weighted by Crippen LogP contribution is 2.59. The van der Waals surface area contributed by atoms with E-state index in [1.807, 2.05) is 29.2 Å². The second-order valence-electron chi connectivity index (χ2n) is 9.97. The predicted molar refractivity (Wildman–Crippen MR) is 145 cm³/mol. The van der Waals surface area contributed by atoms with Crippen molar-refractivity contribution in [2.24, 2.45) is 11.8 Å². The minimum atomic E-state index is -5.08. The van der Waals surface area contributed by atoms with Gasteiger partial charge in [-0.3, -0.25) is 24.2 Å². The van der Waals surface area contributed by atoms with Gasteiger partial charge in [-0.1, -0.05) is 41.4 Å². The van der Waals surface area contributed by atoms with Crippen molar-refractivity contribution in [3.63, 3.8) is 0 Å². The zero-order valence-corrected chi connectivity index (χ0v) is 24.2. The van der Waals surface area contributed by atoms with Crippen molar-refractivity contribution in [1.82, 2.24) is 9.80 Å². The highest BCUT2D eigenvalue weighted by Gasteiger charge is 2.73. The number of carboxylic acids is 1. The van der Waals surface area contributed by atoms with Crippen LogP contribution < -0.4 is 4.74 Å². The summed E-state index contributed by atoms with van der Waals surface area (Å²) in [5.74, 6) is -4.58. The summed E-state index contributed by atoms with van der Waals surface area (Å²) < 4.78 is 42.7. The number of methoxy groups -OCH3 is 2. The number of fused-ring (bicyclic) bond motifs is 3. The summed E-state index contributed by atoms with van der Waals surface area (Å²) in [4.78, 5) is 52.3. The number of imide groups is 1. The first kappa shape index (κ1) is 31.6. The average molecular weight is 631 g/mol. The van der Waals surface area contributed by atoms with Crippen molar-refractivity contribution >= 4 is 47.0 Å². The standard InChI is InChI=1S/C26H26Cl2N2O5.C2HF3O2/c1-4-29-23(31)20-21(24(29)32)26(25(33)35-3)10-5-11-30(26)22(20)15-6-8-16(19(13-15)34-2)14-7-9-17(27)18(28)12-14;3-2(4,5)1(6)7/h6-9,12-13,20-22H,4-5,10-11H2,1-3H3;(H,6,7)/t20?,21?,22?,26-;/m0./s1. The molecule has 226 valence electrons. The van der Waals surface area contributed by atoms with Crippen LogP contribution in [0.25, 0.3) is 11.1 Å². The molecule has 0 aromatic heterocycles. The number of rotatable bonds is 5.